The molecule has 1 rings (SSSR count). The van der Waals surface area contributed by atoms with E-state index in [9.17, 15) is 18.0 Å². The van der Waals surface area contributed by atoms with Crippen molar-refractivity contribution < 1.29 is 22.7 Å². The minimum atomic E-state index is -4.46. The van der Waals surface area contributed by atoms with Gasteiger partial charge < -0.3 is 4.74 Å². The zero-order valence-electron chi connectivity index (χ0n) is 11.0. The van der Waals surface area contributed by atoms with Crippen LogP contribution in [0, 0.1) is 0 Å². The van der Waals surface area contributed by atoms with E-state index in [2.05, 4.69) is 0 Å². The van der Waals surface area contributed by atoms with Crippen molar-refractivity contribution in [1.29, 1.82) is 0 Å². The number of rotatable bonds is 4. The number of alkyl halides is 3. The van der Waals surface area contributed by atoms with Gasteiger partial charge in [-0.3, -0.25) is 4.90 Å². The second-order valence-corrected chi connectivity index (χ2v) is 4.20. The Morgan fingerprint density at radius 2 is 1.79 bits per heavy atom. The van der Waals surface area contributed by atoms with Gasteiger partial charge in [-0.05, 0) is 45.0 Å². The van der Waals surface area contributed by atoms with E-state index in [1.807, 2.05) is 0 Å². The Balaban J connectivity index is 2.99. The van der Waals surface area contributed by atoms with Crippen LogP contribution < -0.4 is 4.90 Å². The molecule has 0 atom stereocenters. The largest absolute Gasteiger partial charge is 0.485 e. The molecule has 0 heterocycles. The second kappa shape index (κ2) is 5.95. The summed E-state index contributed by atoms with van der Waals surface area (Å²) in [5, 5.41) is 0. The molecule has 0 N–H and O–H groups in total. The van der Waals surface area contributed by atoms with E-state index >= 15 is 0 Å². The van der Waals surface area contributed by atoms with E-state index < -0.39 is 18.3 Å². The summed E-state index contributed by atoms with van der Waals surface area (Å²) in [7, 11) is 0. The van der Waals surface area contributed by atoms with Crippen molar-refractivity contribution in [3.8, 4) is 0 Å². The topological polar surface area (TPSA) is 29.5 Å². The number of anilines is 1. The summed E-state index contributed by atoms with van der Waals surface area (Å²) in [5.74, 6) is -0.544. The van der Waals surface area contributed by atoms with E-state index in [1.165, 1.54) is 38.1 Å². The summed E-state index contributed by atoms with van der Waals surface area (Å²) in [6, 6.07) is 4.45. The maximum absolute atomic E-state index is 12.9. The highest BCUT2D eigenvalue weighted by Crippen LogP contribution is 2.30. The maximum Gasteiger partial charge on any atom is 0.485 e. The number of nitrogens with zero attached hydrogens (tertiary/aromatic N) is 1. The van der Waals surface area contributed by atoms with Gasteiger partial charge in [0.25, 0.3) is 0 Å². The molecule has 0 aliphatic heterocycles. The van der Waals surface area contributed by atoms with Gasteiger partial charge in [-0.15, -0.1) is 0 Å². The van der Waals surface area contributed by atoms with E-state index in [4.69, 9.17) is 4.74 Å². The Hall–Kier alpha value is -1.72. The summed E-state index contributed by atoms with van der Waals surface area (Å²) < 4.78 is 43.4. The number of benzene rings is 1. The zero-order valence-corrected chi connectivity index (χ0v) is 11.0. The predicted molar refractivity (Wildman–Crippen MR) is 66.1 cm³/mol. The van der Waals surface area contributed by atoms with Crippen molar-refractivity contribution in [1.82, 2.24) is 0 Å². The molecular formula is C13H16F3NO2. The summed E-state index contributed by atoms with van der Waals surface area (Å²) in [6.07, 6.45) is -4.46. The van der Waals surface area contributed by atoms with Crippen LogP contribution in [0.1, 0.15) is 31.1 Å². The van der Waals surface area contributed by atoms with Crippen molar-refractivity contribution in [2.24, 2.45) is 0 Å². The molecule has 0 unspecified atom stereocenters. The highest BCUT2D eigenvalue weighted by molar-refractivity contribution is 5.89. The van der Waals surface area contributed by atoms with Crippen molar-refractivity contribution >= 4 is 11.7 Å². The first kappa shape index (κ1) is 15.3. The van der Waals surface area contributed by atoms with Crippen LogP contribution in [0.3, 0.4) is 0 Å². The normalized spacial score (nSPS) is 11.5. The van der Waals surface area contributed by atoms with Gasteiger partial charge in [0.2, 0.25) is 0 Å². The lowest BCUT2D eigenvalue weighted by molar-refractivity contribution is -0.133. The summed E-state index contributed by atoms with van der Waals surface area (Å²) in [4.78, 5) is 11.7. The summed E-state index contributed by atoms with van der Waals surface area (Å²) in [6.45, 7) is 4.79. The van der Waals surface area contributed by atoms with Gasteiger partial charge in [0.1, 0.15) is 0 Å². The Bertz CT molecular complexity index is 427. The number of carbonyl (C=O) groups excluding carboxylic acids is 1. The number of hydrogen-bond donors (Lipinski definition) is 0. The van der Waals surface area contributed by atoms with Crippen LogP contribution in [-0.4, -0.2) is 24.9 Å². The molecule has 0 bridgehead atoms. The van der Waals surface area contributed by atoms with Crippen LogP contribution >= 0.6 is 0 Å². The van der Waals surface area contributed by atoms with Gasteiger partial charge in [0.15, 0.2) is 0 Å². The van der Waals surface area contributed by atoms with Crippen LogP contribution in [0.25, 0.3) is 0 Å². The third-order valence-corrected chi connectivity index (χ3v) is 2.45. The summed E-state index contributed by atoms with van der Waals surface area (Å²) >= 11 is 0. The molecule has 0 fully saturated rings. The fraction of sp³-hybridized carbons (Fsp3) is 0.462. The maximum atomic E-state index is 12.9. The quantitative estimate of drug-likeness (QED) is 0.621. The number of ether oxygens (including phenoxy) is 1. The fourth-order valence-electron chi connectivity index (χ4n) is 1.71. The van der Waals surface area contributed by atoms with Crippen LogP contribution in [0.15, 0.2) is 24.3 Å². The van der Waals surface area contributed by atoms with Crippen LogP contribution in [0.2, 0.25) is 0 Å². The molecule has 0 saturated heterocycles. The van der Waals surface area contributed by atoms with E-state index in [1.54, 1.807) is 6.92 Å². The SMILES string of the molecule is CCOC(=O)c1ccc(N(C(C)C)C(F)(F)F)cc1. The molecule has 0 aliphatic carbocycles. The van der Waals surface area contributed by atoms with Gasteiger partial charge in [0.05, 0.1) is 12.2 Å². The lowest BCUT2D eigenvalue weighted by Gasteiger charge is -2.30. The number of hydrogen-bond acceptors (Lipinski definition) is 3. The van der Waals surface area contributed by atoms with Gasteiger partial charge >= 0.3 is 12.3 Å². The minimum Gasteiger partial charge on any atom is -0.462 e. The Morgan fingerprint density at radius 3 is 2.16 bits per heavy atom. The van der Waals surface area contributed by atoms with Gasteiger partial charge in [-0.2, -0.15) is 13.2 Å². The van der Waals surface area contributed by atoms with Gasteiger partial charge in [-0.1, -0.05) is 0 Å². The first-order chi connectivity index (χ1) is 8.77. The number of halogens is 3. The van der Waals surface area contributed by atoms with Crippen molar-refractivity contribution in [2.45, 2.75) is 33.1 Å². The van der Waals surface area contributed by atoms with Crippen molar-refractivity contribution in [3.63, 3.8) is 0 Å². The smallest absolute Gasteiger partial charge is 0.462 e. The molecule has 0 amide bonds. The summed E-state index contributed by atoms with van der Waals surface area (Å²) in [5.41, 5.74) is 0.229. The minimum absolute atomic E-state index is 0.00412. The first-order valence-corrected chi connectivity index (χ1v) is 5.90. The lowest BCUT2D eigenvalue weighted by atomic mass is 10.2. The molecule has 1 aromatic carbocycles. The molecule has 0 aromatic heterocycles. The van der Waals surface area contributed by atoms with Crippen LogP contribution in [0.5, 0.6) is 0 Å². The Kier molecular flexibility index (Phi) is 4.80. The second-order valence-electron chi connectivity index (χ2n) is 4.20. The molecule has 0 radical (unpaired) electrons. The third-order valence-electron chi connectivity index (χ3n) is 2.45. The average Bonchev–Trinajstić information content (AvgIpc) is 2.27. The molecule has 106 valence electrons. The van der Waals surface area contributed by atoms with Crippen LogP contribution in [-0.2, 0) is 4.74 Å². The third kappa shape index (κ3) is 3.87. The predicted octanol–water partition coefficient (Wildman–Crippen LogP) is 3.60. The van der Waals surface area contributed by atoms with Crippen molar-refractivity contribution in [2.75, 3.05) is 11.5 Å². The van der Waals surface area contributed by atoms with Crippen LogP contribution in [0.4, 0.5) is 18.9 Å². The first-order valence-electron chi connectivity index (χ1n) is 5.90. The molecule has 1 aromatic rings. The van der Waals surface area contributed by atoms with Crippen molar-refractivity contribution in [3.05, 3.63) is 29.8 Å². The molecule has 0 aliphatic rings. The Labute approximate surface area is 110 Å². The van der Waals surface area contributed by atoms with Gasteiger partial charge in [-0.25, -0.2) is 4.79 Å². The molecule has 0 saturated carbocycles. The molecular weight excluding hydrogens is 259 g/mol. The lowest BCUT2D eigenvalue weighted by Crippen LogP contribution is -2.43. The Morgan fingerprint density at radius 1 is 1.26 bits per heavy atom. The van der Waals surface area contributed by atoms with E-state index in [0.717, 1.165) is 0 Å². The molecule has 6 heteroatoms. The fourth-order valence-corrected chi connectivity index (χ4v) is 1.71. The number of esters is 1. The molecule has 19 heavy (non-hydrogen) atoms. The monoisotopic (exact) mass is 275 g/mol. The standard InChI is InChI=1S/C13H16F3NO2/c1-4-19-12(18)10-5-7-11(8-6-10)17(9(2)3)13(14,15)16/h5-9H,4H2,1-3H3. The highest BCUT2D eigenvalue weighted by Gasteiger charge is 2.39. The number of carbonyl (C=O) groups is 1. The average molecular weight is 275 g/mol. The van der Waals surface area contributed by atoms with E-state index in [0.29, 0.717) is 4.90 Å². The van der Waals surface area contributed by atoms with Gasteiger partial charge in [0, 0.05) is 11.7 Å². The zero-order chi connectivity index (χ0) is 14.6. The molecule has 3 nitrogen and oxygen atoms in total. The molecule has 0 spiro atoms. The highest BCUT2D eigenvalue weighted by atomic mass is 19.4. The van der Waals surface area contributed by atoms with E-state index in [-0.39, 0.29) is 17.9 Å².